The molecule has 20 heavy (non-hydrogen) atoms. The largest absolute Gasteiger partial charge is 0.311 e. The van der Waals surface area contributed by atoms with Crippen molar-refractivity contribution in [3.63, 3.8) is 0 Å². The zero-order valence-corrected chi connectivity index (χ0v) is 11.6. The number of aromatic nitrogens is 1. The quantitative estimate of drug-likeness (QED) is 0.824. The third-order valence-electron chi connectivity index (χ3n) is 2.68. The molecule has 104 valence electrons. The summed E-state index contributed by atoms with van der Waals surface area (Å²) in [5, 5.41) is 3.12. The van der Waals surface area contributed by atoms with Gasteiger partial charge in [-0.3, -0.25) is 19.7 Å². The number of ketones is 1. The van der Waals surface area contributed by atoms with E-state index in [1.54, 1.807) is 49.6 Å². The molecular formula is C14H14ClN3O2. The Balaban J connectivity index is 2.26. The number of likely N-dealkylation sites (N-methyl/N-ethyl adjacent to an activating group) is 1. The van der Waals surface area contributed by atoms with Crippen LogP contribution in [0.15, 0.2) is 42.6 Å². The fourth-order valence-electron chi connectivity index (χ4n) is 1.78. The van der Waals surface area contributed by atoms with E-state index in [1.807, 2.05) is 0 Å². The van der Waals surface area contributed by atoms with Gasteiger partial charge in [0.15, 0.2) is 0 Å². The van der Waals surface area contributed by atoms with Gasteiger partial charge >= 0.3 is 0 Å². The summed E-state index contributed by atoms with van der Waals surface area (Å²) in [5.74, 6) is -0.484. The number of amides is 1. The number of rotatable bonds is 5. The maximum Gasteiger partial charge on any atom is 0.252 e. The van der Waals surface area contributed by atoms with E-state index in [9.17, 15) is 9.59 Å². The Morgan fingerprint density at radius 1 is 1.20 bits per heavy atom. The maximum atomic E-state index is 12.4. The number of carbonyl (C=O) groups excluding carboxylic acids is 2. The Hall–Kier alpha value is -2.11. The third-order valence-corrected chi connectivity index (χ3v) is 3.01. The first-order valence-electron chi connectivity index (χ1n) is 6.04. The van der Waals surface area contributed by atoms with Crippen molar-refractivity contribution in [2.45, 2.75) is 0 Å². The summed E-state index contributed by atoms with van der Waals surface area (Å²) < 4.78 is 1.39. The Morgan fingerprint density at radius 3 is 2.65 bits per heavy atom. The van der Waals surface area contributed by atoms with E-state index in [1.165, 1.54) is 4.68 Å². The summed E-state index contributed by atoms with van der Waals surface area (Å²) in [5.41, 5.74) is 3.36. The maximum absolute atomic E-state index is 12.4. The first kappa shape index (κ1) is 14.3. The Kier molecular flexibility index (Phi) is 4.55. The third kappa shape index (κ3) is 3.07. The zero-order valence-electron chi connectivity index (χ0n) is 10.9. The van der Waals surface area contributed by atoms with Gasteiger partial charge in [0.05, 0.1) is 11.6 Å². The first-order valence-corrected chi connectivity index (χ1v) is 6.42. The van der Waals surface area contributed by atoms with E-state index >= 15 is 0 Å². The van der Waals surface area contributed by atoms with E-state index in [0.29, 0.717) is 16.3 Å². The normalized spacial score (nSPS) is 10.3. The second-order valence-corrected chi connectivity index (χ2v) is 4.54. The molecule has 0 atom stereocenters. The zero-order chi connectivity index (χ0) is 14.5. The lowest BCUT2D eigenvalue weighted by Gasteiger charge is -2.10. The lowest BCUT2D eigenvalue weighted by molar-refractivity contribution is -0.116. The Morgan fingerprint density at radius 2 is 1.95 bits per heavy atom. The van der Waals surface area contributed by atoms with E-state index in [0.717, 1.165) is 0 Å². The predicted octanol–water partition coefficient (Wildman–Crippen LogP) is 1.66. The van der Waals surface area contributed by atoms with Crippen LogP contribution in [0.4, 0.5) is 0 Å². The molecule has 6 heteroatoms. The second-order valence-electron chi connectivity index (χ2n) is 4.14. The van der Waals surface area contributed by atoms with Crippen LogP contribution in [0, 0.1) is 0 Å². The van der Waals surface area contributed by atoms with Crippen molar-refractivity contribution < 1.29 is 9.59 Å². The van der Waals surface area contributed by atoms with E-state index in [2.05, 4.69) is 10.7 Å². The Bertz CT molecular complexity index is 637. The second kappa shape index (κ2) is 6.36. The van der Waals surface area contributed by atoms with Crippen molar-refractivity contribution in [3.8, 4) is 0 Å². The molecule has 5 nitrogen and oxygen atoms in total. The fraction of sp³-hybridized carbons (Fsp3) is 0.143. The van der Waals surface area contributed by atoms with Crippen LogP contribution in [0.2, 0.25) is 5.02 Å². The van der Waals surface area contributed by atoms with Gasteiger partial charge in [0.25, 0.3) is 5.91 Å². The molecule has 2 aromatic rings. The molecule has 0 radical (unpaired) electrons. The number of benzene rings is 1. The molecule has 0 saturated carbocycles. The smallest absolute Gasteiger partial charge is 0.252 e. The lowest BCUT2D eigenvalue weighted by atomic mass is 10.1. The number of carbonyl (C=O) groups is 2. The van der Waals surface area contributed by atoms with Gasteiger partial charge in [0.1, 0.15) is 5.69 Å². The van der Waals surface area contributed by atoms with Gasteiger partial charge < -0.3 is 5.32 Å². The van der Waals surface area contributed by atoms with Crippen LogP contribution in [-0.4, -0.2) is 30.0 Å². The highest BCUT2D eigenvalue weighted by Crippen LogP contribution is 2.19. The number of halogens is 1. The molecular weight excluding hydrogens is 278 g/mol. The van der Waals surface area contributed by atoms with Crippen LogP contribution >= 0.6 is 11.6 Å². The summed E-state index contributed by atoms with van der Waals surface area (Å²) >= 11 is 6.02. The molecule has 0 unspecified atom stereocenters. The van der Waals surface area contributed by atoms with E-state index < -0.39 is 0 Å². The molecule has 1 aromatic heterocycles. The molecule has 0 saturated heterocycles. The van der Waals surface area contributed by atoms with Gasteiger partial charge in [-0.05, 0) is 31.3 Å². The summed E-state index contributed by atoms with van der Waals surface area (Å²) in [6.45, 7) is 0.165. The molecule has 0 aliphatic heterocycles. The van der Waals surface area contributed by atoms with Crippen molar-refractivity contribution in [2.24, 2.45) is 0 Å². The van der Waals surface area contributed by atoms with Crippen LogP contribution in [0.3, 0.4) is 0 Å². The highest BCUT2D eigenvalue weighted by atomic mass is 35.5. The van der Waals surface area contributed by atoms with Gasteiger partial charge in [-0.15, -0.1) is 0 Å². The molecule has 0 aliphatic carbocycles. The summed E-state index contributed by atoms with van der Waals surface area (Å²) in [6, 6.07) is 10.1. The average molecular weight is 292 g/mol. The van der Waals surface area contributed by atoms with Crippen molar-refractivity contribution in [1.29, 1.82) is 0 Å². The van der Waals surface area contributed by atoms with Gasteiger partial charge in [0.2, 0.25) is 5.78 Å². The van der Waals surface area contributed by atoms with Crippen molar-refractivity contribution in [2.75, 3.05) is 19.0 Å². The number of nitrogens with zero attached hydrogens (tertiary/aromatic N) is 1. The number of hydrogen-bond donors (Lipinski definition) is 2. The molecule has 1 aromatic carbocycles. The molecule has 1 amide bonds. The van der Waals surface area contributed by atoms with Crippen molar-refractivity contribution >= 4 is 23.3 Å². The molecule has 0 bridgehead atoms. The lowest BCUT2D eigenvalue weighted by Crippen LogP contribution is -2.32. The molecule has 0 spiro atoms. The van der Waals surface area contributed by atoms with Gasteiger partial charge in [0, 0.05) is 11.8 Å². The fourth-order valence-corrected chi connectivity index (χ4v) is 2.00. The van der Waals surface area contributed by atoms with Gasteiger partial charge in [-0.1, -0.05) is 23.7 Å². The Labute approximate surface area is 121 Å². The SMILES string of the molecule is CNCC(=O)Nn1cccc1C(=O)c1ccccc1Cl. The molecule has 0 aliphatic rings. The highest BCUT2D eigenvalue weighted by molar-refractivity contribution is 6.34. The molecule has 2 rings (SSSR count). The molecule has 0 fully saturated rings. The minimum Gasteiger partial charge on any atom is -0.311 e. The number of hydrogen-bond acceptors (Lipinski definition) is 3. The number of nitrogens with one attached hydrogen (secondary N) is 2. The summed E-state index contributed by atoms with van der Waals surface area (Å²) in [7, 11) is 1.67. The minimum atomic E-state index is -0.245. The summed E-state index contributed by atoms with van der Waals surface area (Å²) in [4.78, 5) is 24.0. The van der Waals surface area contributed by atoms with Gasteiger partial charge in [-0.25, -0.2) is 0 Å². The topological polar surface area (TPSA) is 63.1 Å². The predicted molar refractivity (Wildman–Crippen MR) is 77.6 cm³/mol. The van der Waals surface area contributed by atoms with Crippen LogP contribution in [0.1, 0.15) is 16.1 Å². The van der Waals surface area contributed by atoms with Crippen LogP contribution < -0.4 is 10.7 Å². The van der Waals surface area contributed by atoms with Crippen LogP contribution in [0.25, 0.3) is 0 Å². The average Bonchev–Trinajstić information content (AvgIpc) is 2.87. The molecule has 2 N–H and O–H groups in total. The van der Waals surface area contributed by atoms with Crippen molar-refractivity contribution in [1.82, 2.24) is 9.99 Å². The van der Waals surface area contributed by atoms with Crippen LogP contribution in [0.5, 0.6) is 0 Å². The summed E-state index contributed by atoms with van der Waals surface area (Å²) in [6.07, 6.45) is 1.61. The monoisotopic (exact) mass is 291 g/mol. The van der Waals surface area contributed by atoms with Crippen LogP contribution in [-0.2, 0) is 4.79 Å². The van der Waals surface area contributed by atoms with Gasteiger partial charge in [-0.2, -0.15) is 0 Å². The van der Waals surface area contributed by atoms with E-state index in [-0.39, 0.29) is 18.2 Å². The molecule has 1 heterocycles. The highest BCUT2D eigenvalue weighted by Gasteiger charge is 2.16. The van der Waals surface area contributed by atoms with E-state index in [4.69, 9.17) is 11.6 Å². The van der Waals surface area contributed by atoms with Crippen molar-refractivity contribution in [3.05, 3.63) is 58.9 Å². The first-order chi connectivity index (χ1) is 9.63. The standard InChI is InChI=1S/C14H14ClN3O2/c1-16-9-13(19)17-18-8-4-7-12(18)14(20)10-5-2-3-6-11(10)15/h2-8,16H,9H2,1H3,(H,17,19). The minimum absolute atomic E-state index is 0.165.